The fourth-order valence-corrected chi connectivity index (χ4v) is 2.42. The minimum Gasteiger partial charge on any atom is -0.281 e. The van der Waals surface area contributed by atoms with Crippen LogP contribution in [0.15, 0.2) is 15.7 Å². The number of alkyl halides is 2. The van der Waals surface area contributed by atoms with Crippen molar-refractivity contribution in [2.24, 2.45) is 0 Å². The van der Waals surface area contributed by atoms with Crippen LogP contribution in [0.4, 0.5) is 8.78 Å². The predicted octanol–water partition coefficient (Wildman–Crippen LogP) is 1.93. The van der Waals surface area contributed by atoms with Gasteiger partial charge in [0.1, 0.15) is 0 Å². The number of halogens is 2. The lowest BCUT2D eigenvalue weighted by atomic mass is 10.4. The van der Waals surface area contributed by atoms with E-state index in [0.29, 0.717) is 11.3 Å². The summed E-state index contributed by atoms with van der Waals surface area (Å²) in [5.41, 5.74) is -0.650. The highest BCUT2D eigenvalue weighted by Crippen LogP contribution is 2.30. The van der Waals surface area contributed by atoms with E-state index in [4.69, 9.17) is 4.55 Å². The minimum absolute atomic E-state index is 0.567. The molecule has 0 saturated carbocycles. The molecule has 68 valence electrons. The van der Waals surface area contributed by atoms with Crippen LogP contribution in [0.3, 0.4) is 0 Å². The quantitative estimate of drug-likeness (QED) is 0.765. The van der Waals surface area contributed by atoms with E-state index in [1.807, 2.05) is 0 Å². The van der Waals surface area contributed by atoms with Gasteiger partial charge in [-0.3, -0.25) is 4.55 Å². The molecule has 0 aromatic carbocycles. The molecule has 0 spiro atoms. The van der Waals surface area contributed by atoms with Crippen molar-refractivity contribution < 1.29 is 21.8 Å². The Bertz CT molecular complexity index is 368. The Morgan fingerprint density at radius 2 is 2.08 bits per heavy atom. The van der Waals surface area contributed by atoms with Gasteiger partial charge in [-0.1, -0.05) is 0 Å². The highest BCUT2D eigenvalue weighted by Gasteiger charge is 2.22. The average Bonchev–Trinajstić information content (AvgIpc) is 2.30. The molecule has 1 rings (SSSR count). The van der Waals surface area contributed by atoms with Crippen LogP contribution in [0.25, 0.3) is 0 Å². The van der Waals surface area contributed by atoms with Crippen molar-refractivity contribution in [2.75, 3.05) is 0 Å². The third kappa shape index (κ3) is 1.79. The summed E-state index contributed by atoms with van der Waals surface area (Å²) in [4.78, 5) is 0. The first-order chi connectivity index (χ1) is 5.43. The van der Waals surface area contributed by atoms with Crippen LogP contribution >= 0.6 is 11.3 Å². The molecule has 0 aliphatic carbocycles. The summed E-state index contributed by atoms with van der Waals surface area (Å²) in [5.74, 6) is 0. The van der Waals surface area contributed by atoms with Crippen LogP contribution in [0.2, 0.25) is 0 Å². The van der Waals surface area contributed by atoms with E-state index in [-0.39, 0.29) is 0 Å². The summed E-state index contributed by atoms with van der Waals surface area (Å²) < 4.78 is 52.7. The fraction of sp³-hybridized carbons (Fsp3) is 0.200. The summed E-state index contributed by atoms with van der Waals surface area (Å²) >= 11 is 0.567. The van der Waals surface area contributed by atoms with Crippen LogP contribution < -0.4 is 0 Å². The molecule has 1 aromatic rings. The van der Waals surface area contributed by atoms with Crippen LogP contribution in [0.1, 0.15) is 12.0 Å². The Kier molecular flexibility index (Phi) is 2.45. The van der Waals surface area contributed by atoms with E-state index in [1.165, 1.54) is 5.38 Å². The molecule has 1 heterocycles. The smallest absolute Gasteiger partial charge is 0.281 e. The van der Waals surface area contributed by atoms with Gasteiger partial charge in [0.05, 0.1) is 0 Å². The monoisotopic (exact) mass is 214 g/mol. The molecule has 0 aliphatic heterocycles. The molecule has 0 aliphatic rings. The van der Waals surface area contributed by atoms with Gasteiger partial charge in [0.2, 0.25) is 0 Å². The third-order valence-corrected chi connectivity index (χ3v) is 3.47. The summed E-state index contributed by atoms with van der Waals surface area (Å²) in [7, 11) is -4.50. The molecular formula is C5H4F2O3S2. The van der Waals surface area contributed by atoms with E-state index in [2.05, 4.69) is 0 Å². The zero-order chi connectivity index (χ0) is 9.35. The highest BCUT2D eigenvalue weighted by molar-refractivity contribution is 7.88. The predicted molar refractivity (Wildman–Crippen MR) is 39.1 cm³/mol. The highest BCUT2D eigenvalue weighted by atomic mass is 32.3. The molecule has 7 heteroatoms. The number of thiophene rings is 1. The van der Waals surface area contributed by atoms with Crippen molar-refractivity contribution in [3.05, 3.63) is 17.0 Å². The van der Waals surface area contributed by atoms with Gasteiger partial charge in [0.25, 0.3) is 6.43 Å². The number of hydrogen-bond acceptors (Lipinski definition) is 3. The van der Waals surface area contributed by atoms with Crippen LogP contribution in [0, 0.1) is 0 Å². The number of hydrogen-bond donors (Lipinski definition) is 1. The van der Waals surface area contributed by atoms with Gasteiger partial charge in [-0.25, -0.2) is 8.78 Å². The van der Waals surface area contributed by atoms with E-state index in [0.717, 1.165) is 6.07 Å². The van der Waals surface area contributed by atoms with Crippen molar-refractivity contribution in [2.45, 2.75) is 10.6 Å². The summed E-state index contributed by atoms with van der Waals surface area (Å²) in [5, 5.41) is 1.19. The first-order valence-corrected chi connectivity index (χ1v) is 5.08. The van der Waals surface area contributed by atoms with E-state index in [1.54, 1.807) is 0 Å². The summed E-state index contributed by atoms with van der Waals surface area (Å²) in [6, 6.07) is 0.971. The second-order valence-corrected chi connectivity index (χ2v) is 4.47. The van der Waals surface area contributed by atoms with Crippen LogP contribution in [-0.4, -0.2) is 13.0 Å². The molecule has 0 amide bonds. The third-order valence-electron chi connectivity index (χ3n) is 1.13. The number of rotatable bonds is 2. The zero-order valence-corrected chi connectivity index (χ0v) is 7.20. The standard InChI is InChI=1S/C5H4F2O3S2/c6-4(7)3-1-2-11-5(3)12(8,9)10/h1-2,4H,(H,8,9,10). The maximum Gasteiger partial charge on any atom is 0.304 e. The van der Waals surface area contributed by atoms with Gasteiger partial charge in [-0.05, 0) is 11.4 Å². The second kappa shape index (κ2) is 3.08. The molecule has 0 radical (unpaired) electrons. The van der Waals surface area contributed by atoms with E-state index in [9.17, 15) is 17.2 Å². The molecule has 0 saturated heterocycles. The van der Waals surface area contributed by atoms with Crippen molar-refractivity contribution in [3.8, 4) is 0 Å². The van der Waals surface area contributed by atoms with Crippen molar-refractivity contribution >= 4 is 21.5 Å². The molecule has 0 fully saturated rings. The Balaban J connectivity index is 3.26. The molecular weight excluding hydrogens is 210 g/mol. The molecule has 1 N–H and O–H groups in total. The second-order valence-electron chi connectivity index (χ2n) is 1.94. The summed E-state index contributed by atoms with van der Waals surface area (Å²) in [6.07, 6.45) is -2.88. The van der Waals surface area contributed by atoms with Crippen molar-refractivity contribution in [1.82, 2.24) is 0 Å². The molecule has 0 bridgehead atoms. The Morgan fingerprint density at radius 3 is 2.42 bits per heavy atom. The van der Waals surface area contributed by atoms with Gasteiger partial charge in [-0.2, -0.15) is 8.42 Å². The van der Waals surface area contributed by atoms with Gasteiger partial charge < -0.3 is 0 Å². The molecule has 12 heavy (non-hydrogen) atoms. The van der Waals surface area contributed by atoms with Crippen molar-refractivity contribution in [1.29, 1.82) is 0 Å². The Labute approximate surface area is 71.4 Å². The fourth-order valence-electron chi connectivity index (χ4n) is 0.677. The lowest BCUT2D eigenvalue weighted by Crippen LogP contribution is -1.98. The largest absolute Gasteiger partial charge is 0.304 e. The minimum atomic E-state index is -4.50. The zero-order valence-electron chi connectivity index (χ0n) is 5.57. The van der Waals surface area contributed by atoms with Crippen LogP contribution in [-0.2, 0) is 10.1 Å². The van der Waals surface area contributed by atoms with Crippen LogP contribution in [0.5, 0.6) is 0 Å². The maximum atomic E-state index is 12.0. The lowest BCUT2D eigenvalue weighted by molar-refractivity contribution is 0.148. The molecule has 3 nitrogen and oxygen atoms in total. The summed E-state index contributed by atoms with van der Waals surface area (Å²) in [6.45, 7) is 0. The first kappa shape index (κ1) is 9.56. The van der Waals surface area contributed by atoms with Gasteiger partial charge in [-0.15, -0.1) is 11.3 Å². The van der Waals surface area contributed by atoms with Gasteiger partial charge in [0.15, 0.2) is 4.21 Å². The molecule has 0 unspecified atom stereocenters. The topological polar surface area (TPSA) is 54.4 Å². The van der Waals surface area contributed by atoms with Gasteiger partial charge >= 0.3 is 10.1 Å². The average molecular weight is 214 g/mol. The molecule has 1 aromatic heterocycles. The van der Waals surface area contributed by atoms with E-state index < -0.39 is 26.3 Å². The Morgan fingerprint density at radius 1 is 1.50 bits per heavy atom. The Hall–Kier alpha value is -0.530. The van der Waals surface area contributed by atoms with Gasteiger partial charge in [0, 0.05) is 5.56 Å². The lowest BCUT2D eigenvalue weighted by Gasteiger charge is -1.97. The van der Waals surface area contributed by atoms with E-state index >= 15 is 0 Å². The SMILES string of the molecule is O=S(=O)(O)c1sccc1C(F)F. The molecule has 0 atom stereocenters. The maximum absolute atomic E-state index is 12.0. The van der Waals surface area contributed by atoms with Crippen molar-refractivity contribution in [3.63, 3.8) is 0 Å². The normalized spacial score (nSPS) is 12.3. The first-order valence-electron chi connectivity index (χ1n) is 2.76.